The van der Waals surface area contributed by atoms with E-state index in [0.29, 0.717) is 30.1 Å². The highest BCUT2D eigenvalue weighted by Gasteiger charge is 2.62. The van der Waals surface area contributed by atoms with Gasteiger partial charge < -0.3 is 14.9 Å². The quantitative estimate of drug-likeness (QED) is 0.587. The predicted molar refractivity (Wildman–Crippen MR) is 99.6 cm³/mol. The van der Waals surface area contributed by atoms with Crippen molar-refractivity contribution in [3.05, 3.63) is 0 Å². The molecule has 4 fully saturated rings. The molecule has 4 unspecified atom stereocenters. The van der Waals surface area contributed by atoms with Crippen molar-refractivity contribution in [2.24, 2.45) is 35.0 Å². The topological polar surface area (TPSA) is 66.8 Å². The zero-order valence-electron chi connectivity index (χ0n) is 16.1. The van der Waals surface area contributed by atoms with E-state index < -0.39 is 0 Å². The van der Waals surface area contributed by atoms with Crippen LogP contribution in [0.3, 0.4) is 0 Å². The zero-order chi connectivity index (χ0) is 18.6. The Morgan fingerprint density at radius 2 is 1.92 bits per heavy atom. The first-order chi connectivity index (χ1) is 12.3. The van der Waals surface area contributed by atoms with Crippen molar-refractivity contribution in [3.63, 3.8) is 0 Å². The van der Waals surface area contributed by atoms with E-state index in [9.17, 15) is 15.0 Å². The average Bonchev–Trinajstić information content (AvgIpc) is 2.85. The van der Waals surface area contributed by atoms with Gasteiger partial charge in [0.25, 0.3) is 0 Å². The van der Waals surface area contributed by atoms with Crippen molar-refractivity contribution in [3.8, 4) is 0 Å². The Bertz CT molecular complexity index is 554. The van der Waals surface area contributed by atoms with E-state index in [1.54, 1.807) is 0 Å². The largest absolute Gasteiger partial charge is 0.462 e. The van der Waals surface area contributed by atoms with E-state index in [0.717, 1.165) is 44.9 Å². The highest BCUT2D eigenvalue weighted by molar-refractivity contribution is 6.12. The molecule has 4 rings (SSSR count). The number of hydrogen-bond acceptors (Lipinski definition) is 4. The van der Waals surface area contributed by atoms with E-state index in [4.69, 9.17) is 12.6 Å². The molecule has 5 heteroatoms. The molecule has 26 heavy (non-hydrogen) atoms. The third-order valence-electron chi connectivity index (χ3n) is 8.49. The highest BCUT2D eigenvalue weighted by Crippen LogP contribution is 2.64. The number of rotatable bonds is 2. The van der Waals surface area contributed by atoms with Crippen molar-refractivity contribution in [2.45, 2.75) is 89.3 Å². The van der Waals surface area contributed by atoms with Gasteiger partial charge in [-0.15, -0.1) is 0 Å². The van der Waals surface area contributed by atoms with E-state index >= 15 is 0 Å². The van der Waals surface area contributed by atoms with Gasteiger partial charge in [0.1, 0.15) is 6.10 Å². The van der Waals surface area contributed by atoms with Crippen molar-refractivity contribution in [1.82, 2.24) is 0 Å². The predicted octanol–water partition coefficient (Wildman–Crippen LogP) is 2.86. The molecule has 10 atom stereocenters. The van der Waals surface area contributed by atoms with E-state index in [-0.39, 0.29) is 41.4 Å². The fourth-order valence-electron chi connectivity index (χ4n) is 7.34. The Kier molecular flexibility index (Phi) is 4.92. The molecule has 0 aliphatic heterocycles. The zero-order valence-corrected chi connectivity index (χ0v) is 16.1. The van der Waals surface area contributed by atoms with Gasteiger partial charge >= 0.3 is 5.97 Å². The van der Waals surface area contributed by atoms with Crippen LogP contribution in [-0.4, -0.2) is 42.3 Å². The minimum Gasteiger partial charge on any atom is -0.462 e. The van der Waals surface area contributed by atoms with Crippen molar-refractivity contribution < 1.29 is 19.7 Å². The van der Waals surface area contributed by atoms with Crippen LogP contribution in [-0.2, 0) is 9.53 Å². The SMILES string of the molecule is [B][C@@H]1CC2C3C(CC[C@]2(C)[C@H]1OC(=O)CC)[C@H]1CC[C@H](O)CC1C[C@@H]3O. The van der Waals surface area contributed by atoms with Crippen LogP contribution in [0.5, 0.6) is 0 Å². The van der Waals surface area contributed by atoms with E-state index in [1.807, 2.05) is 6.92 Å². The Labute approximate surface area is 158 Å². The molecule has 0 heterocycles. The van der Waals surface area contributed by atoms with Crippen LogP contribution in [0.4, 0.5) is 0 Å². The lowest BCUT2D eigenvalue weighted by Gasteiger charge is -2.57. The fraction of sp³-hybridized carbons (Fsp3) is 0.952. The van der Waals surface area contributed by atoms with Gasteiger partial charge in [0.15, 0.2) is 0 Å². The maximum absolute atomic E-state index is 11.9. The minimum atomic E-state index is -0.316. The number of aliphatic hydroxyl groups is 2. The van der Waals surface area contributed by atoms with E-state index in [1.165, 1.54) is 0 Å². The fourth-order valence-corrected chi connectivity index (χ4v) is 7.34. The summed E-state index contributed by atoms with van der Waals surface area (Å²) in [5.41, 5.74) is -0.118. The van der Waals surface area contributed by atoms with Crippen LogP contribution in [0.25, 0.3) is 0 Å². The summed E-state index contributed by atoms with van der Waals surface area (Å²) in [5, 5.41) is 21.1. The maximum atomic E-state index is 11.9. The molecule has 4 aliphatic rings. The molecule has 0 aromatic heterocycles. The van der Waals surface area contributed by atoms with Gasteiger partial charge in [-0.25, -0.2) is 0 Å². The molecule has 144 valence electrons. The summed E-state index contributed by atoms with van der Waals surface area (Å²) in [6, 6.07) is 0. The molecule has 2 N–H and O–H groups in total. The number of carbonyl (C=O) groups excluding carboxylic acids is 1. The monoisotopic (exact) mass is 360 g/mol. The average molecular weight is 360 g/mol. The van der Waals surface area contributed by atoms with Crippen molar-refractivity contribution in [2.75, 3.05) is 0 Å². The van der Waals surface area contributed by atoms with E-state index in [2.05, 4.69) is 6.92 Å². The summed E-state index contributed by atoms with van der Waals surface area (Å²) < 4.78 is 5.80. The van der Waals surface area contributed by atoms with Crippen LogP contribution in [0.1, 0.15) is 65.2 Å². The second-order valence-corrected chi connectivity index (χ2v) is 9.75. The number of aliphatic hydroxyl groups excluding tert-OH is 2. The normalized spacial score (nSPS) is 53.3. The van der Waals surface area contributed by atoms with Crippen LogP contribution in [0, 0.1) is 35.0 Å². The lowest BCUT2D eigenvalue weighted by molar-refractivity contribution is -0.167. The molecule has 4 nitrogen and oxygen atoms in total. The molecule has 0 saturated heterocycles. The van der Waals surface area contributed by atoms with Crippen molar-refractivity contribution >= 4 is 13.8 Å². The molecule has 4 saturated carbocycles. The van der Waals surface area contributed by atoms with Gasteiger partial charge in [0.05, 0.1) is 20.1 Å². The smallest absolute Gasteiger partial charge is 0.305 e. The molecule has 0 aromatic carbocycles. The third kappa shape index (κ3) is 2.85. The summed E-state index contributed by atoms with van der Waals surface area (Å²) in [6.45, 7) is 4.06. The number of hydrogen-bond donors (Lipinski definition) is 2. The second kappa shape index (κ2) is 6.81. The number of esters is 1. The van der Waals surface area contributed by atoms with Gasteiger partial charge in [-0.3, -0.25) is 4.79 Å². The van der Waals surface area contributed by atoms with Gasteiger partial charge in [0.2, 0.25) is 0 Å². The highest BCUT2D eigenvalue weighted by atomic mass is 16.5. The third-order valence-corrected chi connectivity index (χ3v) is 8.49. The lowest BCUT2D eigenvalue weighted by atomic mass is 9.49. The molecule has 0 amide bonds. The number of ether oxygens (including phenoxy) is 1. The van der Waals surface area contributed by atoms with Gasteiger partial charge in [0, 0.05) is 11.8 Å². The first-order valence-corrected chi connectivity index (χ1v) is 10.7. The summed E-state index contributed by atoms with van der Waals surface area (Å²) in [5.74, 6) is 1.92. The maximum Gasteiger partial charge on any atom is 0.305 e. The molecule has 0 bridgehead atoms. The molecule has 2 radical (unpaired) electrons. The first-order valence-electron chi connectivity index (χ1n) is 10.7. The Morgan fingerprint density at radius 1 is 1.15 bits per heavy atom. The summed E-state index contributed by atoms with van der Waals surface area (Å²) in [4.78, 5) is 11.9. The summed E-state index contributed by atoms with van der Waals surface area (Å²) in [7, 11) is 6.45. The van der Waals surface area contributed by atoms with Gasteiger partial charge in [-0.05, 0) is 73.9 Å². The number of carbonyl (C=O) groups is 1. The second-order valence-electron chi connectivity index (χ2n) is 9.75. The van der Waals surface area contributed by atoms with Crippen LogP contribution in [0.15, 0.2) is 0 Å². The van der Waals surface area contributed by atoms with Crippen LogP contribution < -0.4 is 0 Å². The standard InChI is InChI=1S/C21H33BO4/c1-3-18(25)26-20-16(22)10-15-19-14(6-7-21(15,20)2)13-5-4-12(23)8-11(13)9-17(19)24/h11-17,19-20,23-24H,3-10H2,1-2H3/t11?,12-,13-,14?,15?,16+,17-,19?,20-,21-/m0/s1. The number of fused-ring (bicyclic) bond motifs is 5. The minimum absolute atomic E-state index is 0.118. The van der Waals surface area contributed by atoms with Gasteiger partial charge in [-0.1, -0.05) is 20.3 Å². The Hall–Kier alpha value is -0.545. The lowest BCUT2D eigenvalue weighted by Crippen LogP contribution is -2.55. The Morgan fingerprint density at radius 3 is 2.65 bits per heavy atom. The molecule has 4 aliphatic carbocycles. The molecular weight excluding hydrogens is 327 g/mol. The van der Waals surface area contributed by atoms with Gasteiger partial charge in [-0.2, -0.15) is 0 Å². The molecule has 0 aromatic rings. The van der Waals surface area contributed by atoms with Crippen LogP contribution >= 0.6 is 0 Å². The van der Waals surface area contributed by atoms with Crippen molar-refractivity contribution in [1.29, 1.82) is 0 Å². The first kappa shape index (κ1) is 18.8. The molecule has 0 spiro atoms. The Balaban J connectivity index is 1.58. The van der Waals surface area contributed by atoms with Crippen LogP contribution in [0.2, 0.25) is 5.82 Å². The summed E-state index contributed by atoms with van der Waals surface area (Å²) >= 11 is 0. The summed E-state index contributed by atoms with van der Waals surface area (Å²) in [6.07, 6.45) is 6.25. The molecular formula is C21H33BO4.